The van der Waals surface area contributed by atoms with Crippen molar-refractivity contribution in [2.24, 2.45) is 0 Å². The van der Waals surface area contributed by atoms with Gasteiger partial charge in [-0.25, -0.2) is 4.79 Å². The Morgan fingerprint density at radius 2 is 1.95 bits per heavy atom. The molecule has 120 valence electrons. The van der Waals surface area contributed by atoms with E-state index in [0.717, 1.165) is 11.3 Å². The van der Waals surface area contributed by atoms with Crippen LogP contribution in [0.3, 0.4) is 0 Å². The number of carbonyl (C=O) groups excluding carboxylic acids is 2. The van der Waals surface area contributed by atoms with Gasteiger partial charge < -0.3 is 14.8 Å². The van der Waals surface area contributed by atoms with Gasteiger partial charge in [-0.1, -0.05) is 18.2 Å². The van der Waals surface area contributed by atoms with Gasteiger partial charge in [0.1, 0.15) is 0 Å². The fraction of sp³-hybridized carbons (Fsp3) is 0.375. The first-order valence-corrected chi connectivity index (χ1v) is 7.95. The minimum Gasteiger partial charge on any atom is -0.425 e. The number of hydrogen-bond donors (Lipinski definition) is 1. The summed E-state index contributed by atoms with van der Waals surface area (Å²) in [5.41, 5.74) is 2.40. The van der Waals surface area contributed by atoms with E-state index in [0.29, 0.717) is 10.6 Å². The van der Waals surface area contributed by atoms with Gasteiger partial charge in [0.15, 0.2) is 0 Å². The van der Waals surface area contributed by atoms with Gasteiger partial charge in [0.25, 0.3) is 12.3 Å². The number of carbonyl (C=O) groups is 2. The first-order chi connectivity index (χ1) is 10.3. The molecule has 1 aromatic rings. The maximum Gasteiger partial charge on any atom is 0.339 e. The Bertz CT molecular complexity index is 581. The first-order valence-electron chi connectivity index (χ1n) is 6.73. The molecule has 5 nitrogen and oxygen atoms in total. The van der Waals surface area contributed by atoms with Gasteiger partial charge in [-0.3, -0.25) is 4.79 Å². The van der Waals surface area contributed by atoms with Gasteiger partial charge in [-0.05, 0) is 31.7 Å². The van der Waals surface area contributed by atoms with Crippen LogP contribution in [0, 0.1) is 6.92 Å². The lowest BCUT2D eigenvalue weighted by molar-refractivity contribution is -0.204. The number of para-hydroxylation sites is 1. The first kappa shape index (κ1) is 18.1. The van der Waals surface area contributed by atoms with Crippen LogP contribution in [0.1, 0.15) is 26.3 Å². The predicted octanol–water partition coefficient (Wildman–Crippen LogP) is 3.45. The van der Waals surface area contributed by atoms with Crippen molar-refractivity contribution in [1.29, 1.82) is 0 Å². The highest BCUT2D eigenvalue weighted by molar-refractivity contribution is 8.02. The van der Waals surface area contributed by atoms with Crippen molar-refractivity contribution in [2.45, 2.75) is 33.5 Å². The van der Waals surface area contributed by atoms with Gasteiger partial charge in [0.05, 0.1) is 10.6 Å². The van der Waals surface area contributed by atoms with E-state index in [2.05, 4.69) is 5.32 Å². The molecule has 0 saturated carbocycles. The second-order valence-electron chi connectivity index (χ2n) is 5.10. The van der Waals surface area contributed by atoms with Crippen LogP contribution in [0.25, 0.3) is 0 Å². The molecule has 0 aliphatic heterocycles. The molecule has 0 amide bonds. The molecule has 0 unspecified atom stereocenters. The highest BCUT2D eigenvalue weighted by Crippen LogP contribution is 2.24. The second kappa shape index (κ2) is 7.89. The fourth-order valence-corrected chi connectivity index (χ4v) is 2.27. The van der Waals surface area contributed by atoms with Crippen molar-refractivity contribution < 1.29 is 19.1 Å². The van der Waals surface area contributed by atoms with Crippen LogP contribution in [0.2, 0.25) is 0 Å². The Kier molecular flexibility index (Phi) is 6.49. The SMILES string of the molecule is CS/C(Nc1ccccc1C)=C(/C)C(=O)OC(C)(C)OC=O. The average molecular weight is 323 g/mol. The molecule has 0 bridgehead atoms. The largest absolute Gasteiger partial charge is 0.425 e. The monoisotopic (exact) mass is 323 g/mol. The number of thioether (sulfide) groups is 1. The molecule has 22 heavy (non-hydrogen) atoms. The lowest BCUT2D eigenvalue weighted by Gasteiger charge is -2.23. The Morgan fingerprint density at radius 3 is 2.50 bits per heavy atom. The quantitative estimate of drug-likeness (QED) is 0.359. The molecule has 0 aliphatic rings. The van der Waals surface area contributed by atoms with Crippen LogP contribution >= 0.6 is 11.8 Å². The maximum absolute atomic E-state index is 12.2. The standard InChI is InChI=1S/C16H21NO4S/c1-11-8-6-7-9-13(11)17-14(22-5)12(2)15(19)21-16(3,4)20-10-18/h6-10,17H,1-5H3/b14-12-. The molecular formula is C16H21NO4S. The third-order valence-electron chi connectivity index (χ3n) is 2.91. The lowest BCUT2D eigenvalue weighted by Crippen LogP contribution is -2.31. The highest BCUT2D eigenvalue weighted by Gasteiger charge is 2.26. The number of benzene rings is 1. The van der Waals surface area contributed by atoms with E-state index in [1.807, 2.05) is 37.4 Å². The molecule has 1 N–H and O–H groups in total. The Hall–Kier alpha value is -1.95. The smallest absolute Gasteiger partial charge is 0.339 e. The van der Waals surface area contributed by atoms with E-state index in [1.54, 1.807) is 6.92 Å². The molecule has 0 aromatic heterocycles. The molecule has 1 aromatic carbocycles. The molecule has 0 aliphatic carbocycles. The van der Waals surface area contributed by atoms with Crippen LogP contribution in [0.4, 0.5) is 5.69 Å². The molecule has 6 heteroatoms. The zero-order chi connectivity index (χ0) is 16.8. The summed E-state index contributed by atoms with van der Waals surface area (Å²) in [4.78, 5) is 22.6. The fourth-order valence-electron chi connectivity index (χ4n) is 1.67. The topological polar surface area (TPSA) is 64.6 Å². The zero-order valence-electron chi connectivity index (χ0n) is 13.4. The maximum atomic E-state index is 12.2. The lowest BCUT2D eigenvalue weighted by atomic mass is 10.2. The number of hydrogen-bond acceptors (Lipinski definition) is 6. The molecule has 0 radical (unpaired) electrons. The number of anilines is 1. The van der Waals surface area contributed by atoms with Crippen molar-refractivity contribution in [3.8, 4) is 0 Å². The second-order valence-corrected chi connectivity index (χ2v) is 5.92. The minimum atomic E-state index is -1.30. The highest BCUT2D eigenvalue weighted by atomic mass is 32.2. The third kappa shape index (κ3) is 5.11. The Labute approximate surface area is 135 Å². The Morgan fingerprint density at radius 1 is 1.32 bits per heavy atom. The molecule has 0 saturated heterocycles. The van der Waals surface area contributed by atoms with E-state index in [4.69, 9.17) is 9.47 Å². The van der Waals surface area contributed by atoms with E-state index in [1.165, 1.54) is 25.6 Å². The van der Waals surface area contributed by atoms with Crippen molar-refractivity contribution >= 4 is 29.9 Å². The summed E-state index contributed by atoms with van der Waals surface area (Å²) in [6, 6.07) is 7.78. The predicted molar refractivity (Wildman–Crippen MR) is 88.3 cm³/mol. The van der Waals surface area contributed by atoms with Crippen molar-refractivity contribution in [1.82, 2.24) is 0 Å². The number of esters is 1. The Balaban J connectivity index is 2.94. The molecule has 0 fully saturated rings. The van der Waals surface area contributed by atoms with Gasteiger partial charge in [-0.15, -0.1) is 11.8 Å². The normalized spacial score (nSPS) is 12.2. The van der Waals surface area contributed by atoms with Crippen molar-refractivity contribution in [3.05, 3.63) is 40.4 Å². The summed E-state index contributed by atoms with van der Waals surface area (Å²) < 4.78 is 9.91. The zero-order valence-corrected chi connectivity index (χ0v) is 14.2. The van der Waals surface area contributed by atoms with E-state index in [9.17, 15) is 9.59 Å². The summed E-state index contributed by atoms with van der Waals surface area (Å²) in [7, 11) is 0. The summed E-state index contributed by atoms with van der Waals surface area (Å²) in [5.74, 6) is -1.84. The number of ether oxygens (including phenoxy) is 2. The van der Waals surface area contributed by atoms with Gasteiger partial charge in [0.2, 0.25) is 0 Å². The van der Waals surface area contributed by atoms with Gasteiger partial charge in [0, 0.05) is 19.5 Å². The molecule has 0 spiro atoms. The van der Waals surface area contributed by atoms with Gasteiger partial charge in [-0.2, -0.15) is 0 Å². The third-order valence-corrected chi connectivity index (χ3v) is 3.73. The molecule has 0 atom stereocenters. The van der Waals surface area contributed by atoms with Gasteiger partial charge >= 0.3 is 5.97 Å². The van der Waals surface area contributed by atoms with Crippen LogP contribution in [0.5, 0.6) is 0 Å². The van der Waals surface area contributed by atoms with Crippen LogP contribution < -0.4 is 5.32 Å². The van der Waals surface area contributed by atoms with Crippen LogP contribution in [-0.2, 0) is 19.1 Å². The molecule has 1 rings (SSSR count). The van der Waals surface area contributed by atoms with Crippen molar-refractivity contribution in [2.75, 3.05) is 11.6 Å². The van der Waals surface area contributed by atoms with E-state index >= 15 is 0 Å². The summed E-state index contributed by atoms with van der Waals surface area (Å²) in [6.45, 7) is 6.90. The average Bonchev–Trinajstić information content (AvgIpc) is 2.45. The van der Waals surface area contributed by atoms with Crippen LogP contribution in [-0.4, -0.2) is 24.5 Å². The molecule has 0 heterocycles. The number of rotatable bonds is 7. The number of nitrogens with one attached hydrogen (secondary N) is 1. The summed E-state index contributed by atoms with van der Waals surface area (Å²) in [5, 5.41) is 3.91. The number of aryl methyl sites for hydroxylation is 1. The summed E-state index contributed by atoms with van der Waals surface area (Å²) in [6.07, 6.45) is 1.87. The minimum absolute atomic E-state index is 0.257. The van der Waals surface area contributed by atoms with Crippen LogP contribution in [0.15, 0.2) is 34.9 Å². The summed E-state index contributed by atoms with van der Waals surface area (Å²) >= 11 is 1.41. The van der Waals surface area contributed by atoms with E-state index in [-0.39, 0.29) is 6.47 Å². The van der Waals surface area contributed by atoms with Crippen molar-refractivity contribution in [3.63, 3.8) is 0 Å². The molecular weight excluding hydrogens is 302 g/mol. The van der Waals surface area contributed by atoms with E-state index < -0.39 is 11.8 Å².